The molecule has 0 atom stereocenters. The van der Waals surface area contributed by atoms with Crippen molar-refractivity contribution < 1.29 is 5.11 Å². The van der Waals surface area contributed by atoms with Gasteiger partial charge in [0.15, 0.2) is 0 Å². The zero-order chi connectivity index (χ0) is 10.2. The van der Waals surface area contributed by atoms with Crippen molar-refractivity contribution in [1.29, 1.82) is 0 Å². The molecule has 0 fully saturated rings. The maximum Gasteiger partial charge on any atom is 0.120 e. The van der Waals surface area contributed by atoms with Crippen LogP contribution in [0.1, 0.15) is 51.9 Å². The molecule has 0 aromatic heterocycles. The molecule has 80 valence electrons. The van der Waals surface area contributed by atoms with E-state index in [1.54, 1.807) is 0 Å². The monoisotopic (exact) mass is 226 g/mol. The van der Waals surface area contributed by atoms with Gasteiger partial charge >= 0.3 is 0 Å². The summed E-state index contributed by atoms with van der Waals surface area (Å²) in [5.74, 6) is 0. The van der Waals surface area contributed by atoms with Crippen LogP contribution in [0.15, 0.2) is 0 Å². The summed E-state index contributed by atoms with van der Waals surface area (Å²) in [6.07, 6.45) is 7.33. The predicted molar refractivity (Wildman–Crippen MR) is 59.5 cm³/mol. The van der Waals surface area contributed by atoms with E-state index in [2.05, 4.69) is 6.92 Å². The first-order valence-electron chi connectivity index (χ1n) is 5.11. The van der Waals surface area contributed by atoms with E-state index in [4.69, 9.17) is 28.3 Å². The molecule has 0 aliphatic carbocycles. The highest BCUT2D eigenvalue weighted by Crippen LogP contribution is 2.31. The number of halogens is 2. The number of hydrogen-bond acceptors (Lipinski definition) is 1. The van der Waals surface area contributed by atoms with Crippen LogP contribution in [0.5, 0.6) is 0 Å². The molecule has 0 aromatic rings. The van der Waals surface area contributed by atoms with E-state index in [1.165, 1.54) is 25.7 Å². The number of hydrogen-bond donors (Lipinski definition) is 1. The Morgan fingerprint density at radius 1 is 1.00 bits per heavy atom. The molecule has 0 saturated carbocycles. The maximum absolute atomic E-state index is 8.67. The van der Waals surface area contributed by atoms with Crippen molar-refractivity contribution in [2.45, 2.75) is 56.2 Å². The highest BCUT2D eigenvalue weighted by Gasteiger charge is 2.21. The SMILES string of the molecule is CCCCCCCC(Cl)(Cl)CCO. The van der Waals surface area contributed by atoms with E-state index in [0.29, 0.717) is 6.42 Å². The molecule has 0 aromatic carbocycles. The highest BCUT2D eigenvalue weighted by molar-refractivity contribution is 6.48. The number of alkyl halides is 2. The molecule has 13 heavy (non-hydrogen) atoms. The molecular weight excluding hydrogens is 207 g/mol. The Morgan fingerprint density at radius 3 is 2.15 bits per heavy atom. The van der Waals surface area contributed by atoms with Crippen LogP contribution in [-0.4, -0.2) is 16.0 Å². The topological polar surface area (TPSA) is 20.2 Å². The normalized spacial score (nSPS) is 12.0. The van der Waals surface area contributed by atoms with Gasteiger partial charge in [-0.2, -0.15) is 0 Å². The number of aliphatic hydroxyl groups is 1. The molecule has 0 spiro atoms. The van der Waals surface area contributed by atoms with Crippen LogP contribution in [0, 0.1) is 0 Å². The smallest absolute Gasteiger partial charge is 0.120 e. The van der Waals surface area contributed by atoms with Gasteiger partial charge < -0.3 is 5.11 Å². The van der Waals surface area contributed by atoms with E-state index < -0.39 is 4.33 Å². The molecule has 0 rings (SSSR count). The molecule has 0 radical (unpaired) electrons. The van der Waals surface area contributed by atoms with E-state index in [-0.39, 0.29) is 6.61 Å². The second-order valence-electron chi connectivity index (χ2n) is 3.49. The van der Waals surface area contributed by atoms with E-state index >= 15 is 0 Å². The van der Waals surface area contributed by atoms with Gasteiger partial charge in [0.25, 0.3) is 0 Å². The summed E-state index contributed by atoms with van der Waals surface area (Å²) >= 11 is 11.9. The highest BCUT2D eigenvalue weighted by atomic mass is 35.5. The Balaban J connectivity index is 3.29. The zero-order valence-corrected chi connectivity index (χ0v) is 9.87. The Morgan fingerprint density at radius 2 is 1.62 bits per heavy atom. The van der Waals surface area contributed by atoms with Gasteiger partial charge in [0.1, 0.15) is 4.33 Å². The van der Waals surface area contributed by atoms with Crippen LogP contribution in [0.25, 0.3) is 0 Å². The van der Waals surface area contributed by atoms with Gasteiger partial charge in [0.05, 0.1) is 0 Å². The molecule has 0 aliphatic heterocycles. The Bertz CT molecular complexity index is 115. The van der Waals surface area contributed by atoms with Crippen LogP contribution in [-0.2, 0) is 0 Å². The van der Waals surface area contributed by atoms with Crippen molar-refractivity contribution >= 4 is 23.2 Å². The van der Waals surface area contributed by atoms with Gasteiger partial charge in [0, 0.05) is 13.0 Å². The third-order valence-corrected chi connectivity index (χ3v) is 2.88. The molecule has 3 heteroatoms. The van der Waals surface area contributed by atoms with Crippen molar-refractivity contribution in [3.05, 3.63) is 0 Å². The molecule has 1 N–H and O–H groups in total. The molecule has 0 amide bonds. The average molecular weight is 227 g/mol. The van der Waals surface area contributed by atoms with Crippen molar-refractivity contribution in [2.75, 3.05) is 6.61 Å². The standard InChI is InChI=1S/C10H20Cl2O/c1-2-3-4-5-6-7-10(11,12)8-9-13/h13H,2-9H2,1H3. The van der Waals surface area contributed by atoms with Crippen LogP contribution in [0.2, 0.25) is 0 Å². The molecule has 0 aliphatic rings. The minimum absolute atomic E-state index is 0.0714. The maximum atomic E-state index is 8.67. The van der Waals surface area contributed by atoms with Gasteiger partial charge in [-0.15, -0.1) is 23.2 Å². The van der Waals surface area contributed by atoms with Gasteiger partial charge in [0.2, 0.25) is 0 Å². The first kappa shape index (κ1) is 13.5. The number of aliphatic hydroxyl groups excluding tert-OH is 1. The summed E-state index contributed by atoms with van der Waals surface area (Å²) in [7, 11) is 0. The number of rotatable bonds is 8. The van der Waals surface area contributed by atoms with Crippen molar-refractivity contribution in [3.8, 4) is 0 Å². The molecule has 0 heterocycles. The lowest BCUT2D eigenvalue weighted by Crippen LogP contribution is -2.14. The van der Waals surface area contributed by atoms with Crippen LogP contribution in [0.3, 0.4) is 0 Å². The summed E-state index contributed by atoms with van der Waals surface area (Å²) in [6.45, 7) is 2.26. The molecular formula is C10H20Cl2O. The van der Waals surface area contributed by atoms with Crippen LogP contribution >= 0.6 is 23.2 Å². The lowest BCUT2D eigenvalue weighted by molar-refractivity contribution is 0.278. The predicted octanol–water partition coefficient (Wildman–Crippen LogP) is 3.90. The fraction of sp³-hybridized carbons (Fsp3) is 1.00. The summed E-state index contributed by atoms with van der Waals surface area (Å²) in [6, 6.07) is 0. The molecule has 1 nitrogen and oxygen atoms in total. The summed E-state index contributed by atoms with van der Waals surface area (Å²) in [4.78, 5) is 0. The molecule has 0 bridgehead atoms. The van der Waals surface area contributed by atoms with Gasteiger partial charge in [-0.3, -0.25) is 0 Å². The lowest BCUT2D eigenvalue weighted by atomic mass is 10.1. The minimum atomic E-state index is -0.707. The number of unbranched alkanes of at least 4 members (excludes halogenated alkanes) is 4. The van der Waals surface area contributed by atoms with E-state index in [0.717, 1.165) is 12.8 Å². The summed E-state index contributed by atoms with van der Waals surface area (Å²) in [5.41, 5.74) is 0. The van der Waals surface area contributed by atoms with Crippen molar-refractivity contribution in [3.63, 3.8) is 0 Å². The Hall–Kier alpha value is 0.540. The minimum Gasteiger partial charge on any atom is -0.396 e. The van der Waals surface area contributed by atoms with Gasteiger partial charge in [-0.25, -0.2) is 0 Å². The summed E-state index contributed by atoms with van der Waals surface area (Å²) in [5, 5.41) is 8.67. The second-order valence-corrected chi connectivity index (χ2v) is 5.13. The van der Waals surface area contributed by atoms with Crippen molar-refractivity contribution in [2.24, 2.45) is 0 Å². The first-order chi connectivity index (χ1) is 6.12. The van der Waals surface area contributed by atoms with E-state index in [1.807, 2.05) is 0 Å². The molecule has 0 saturated heterocycles. The van der Waals surface area contributed by atoms with Gasteiger partial charge in [-0.05, 0) is 6.42 Å². The largest absolute Gasteiger partial charge is 0.396 e. The van der Waals surface area contributed by atoms with Crippen LogP contribution < -0.4 is 0 Å². The second kappa shape index (κ2) is 7.90. The quantitative estimate of drug-likeness (QED) is 0.492. The Kier molecular flexibility index (Phi) is 8.23. The average Bonchev–Trinajstić information content (AvgIpc) is 2.04. The summed E-state index contributed by atoms with van der Waals surface area (Å²) < 4.78 is -0.707. The third-order valence-electron chi connectivity index (χ3n) is 2.12. The van der Waals surface area contributed by atoms with Crippen LogP contribution in [0.4, 0.5) is 0 Å². The van der Waals surface area contributed by atoms with E-state index in [9.17, 15) is 0 Å². The van der Waals surface area contributed by atoms with Crippen molar-refractivity contribution in [1.82, 2.24) is 0 Å². The van der Waals surface area contributed by atoms with Gasteiger partial charge in [-0.1, -0.05) is 39.0 Å². The Labute approximate surface area is 91.4 Å². The molecule has 0 unspecified atom stereocenters. The fourth-order valence-electron chi connectivity index (χ4n) is 1.28. The first-order valence-corrected chi connectivity index (χ1v) is 5.86. The zero-order valence-electron chi connectivity index (χ0n) is 8.36. The third kappa shape index (κ3) is 8.86. The lowest BCUT2D eigenvalue weighted by Gasteiger charge is -2.17. The fourth-order valence-corrected chi connectivity index (χ4v) is 1.71.